The molecule has 0 unspecified atom stereocenters. The van der Waals surface area contributed by atoms with E-state index in [-0.39, 0.29) is 0 Å². The maximum atomic E-state index is 5.46. The van der Waals surface area contributed by atoms with Gasteiger partial charge in [-0.25, -0.2) is 5.84 Å². The average Bonchev–Trinajstić information content (AvgIpc) is 2.80. The molecule has 0 aromatic carbocycles. The van der Waals surface area contributed by atoms with Crippen molar-refractivity contribution >= 4 is 5.84 Å². The first-order valence-electron chi connectivity index (χ1n) is 5.36. The smallest absolute Gasteiger partial charge is 0.161 e. The van der Waals surface area contributed by atoms with Crippen LogP contribution in [-0.4, -0.2) is 16.9 Å². The molecule has 0 atom stereocenters. The molecule has 0 bridgehead atoms. The number of amidine groups is 1. The van der Waals surface area contributed by atoms with Crippen molar-refractivity contribution in [3.8, 4) is 0 Å². The van der Waals surface area contributed by atoms with Crippen molar-refractivity contribution in [3.63, 3.8) is 0 Å². The van der Waals surface area contributed by atoms with Crippen molar-refractivity contribution < 1.29 is 0 Å². The summed E-state index contributed by atoms with van der Waals surface area (Å²) in [5.74, 6) is 6.16. The lowest BCUT2D eigenvalue weighted by Crippen LogP contribution is -2.32. The Morgan fingerprint density at radius 3 is 2.80 bits per heavy atom. The minimum absolute atomic E-state index is 0.415. The third-order valence-corrected chi connectivity index (χ3v) is 2.68. The molecule has 4 heteroatoms. The zero-order valence-electron chi connectivity index (χ0n) is 8.69. The lowest BCUT2D eigenvalue weighted by Gasteiger charge is -2.08. The molecule has 0 aliphatic heterocycles. The second-order valence-corrected chi connectivity index (χ2v) is 3.78. The van der Waals surface area contributed by atoms with Crippen LogP contribution in [0.1, 0.15) is 31.4 Å². The Morgan fingerprint density at radius 2 is 2.20 bits per heavy atom. The number of rotatable bonds is 2. The van der Waals surface area contributed by atoms with Gasteiger partial charge in [0.15, 0.2) is 5.84 Å². The number of aromatic nitrogens is 1. The zero-order valence-corrected chi connectivity index (χ0v) is 8.69. The molecule has 0 amide bonds. The molecule has 1 aliphatic rings. The first kappa shape index (κ1) is 10.1. The van der Waals surface area contributed by atoms with Gasteiger partial charge in [-0.1, -0.05) is 18.9 Å². The van der Waals surface area contributed by atoms with E-state index in [0.29, 0.717) is 11.9 Å². The first-order valence-corrected chi connectivity index (χ1v) is 5.36. The van der Waals surface area contributed by atoms with E-state index >= 15 is 0 Å². The second kappa shape index (κ2) is 4.89. The van der Waals surface area contributed by atoms with Crippen LogP contribution in [0, 0.1) is 0 Å². The van der Waals surface area contributed by atoms with E-state index in [1.165, 1.54) is 12.8 Å². The van der Waals surface area contributed by atoms with Gasteiger partial charge in [0.1, 0.15) is 5.69 Å². The Balaban J connectivity index is 2.16. The lowest BCUT2D eigenvalue weighted by molar-refractivity contribution is 0.700. The van der Waals surface area contributed by atoms with Gasteiger partial charge in [0.25, 0.3) is 0 Å². The summed E-state index contributed by atoms with van der Waals surface area (Å²) >= 11 is 0. The highest BCUT2D eigenvalue weighted by Crippen LogP contribution is 2.21. The summed E-state index contributed by atoms with van der Waals surface area (Å²) in [5.41, 5.74) is 3.44. The standard InChI is InChI=1S/C11H16N4/c12-15-11(10-7-3-4-8-13-10)14-9-5-1-2-6-9/h3-4,7-9H,1-2,5-6,12H2,(H,14,15). The monoisotopic (exact) mass is 204 g/mol. The molecule has 15 heavy (non-hydrogen) atoms. The summed E-state index contributed by atoms with van der Waals surface area (Å²) in [7, 11) is 0. The Bertz CT molecular complexity index is 328. The van der Waals surface area contributed by atoms with Crippen LogP contribution in [-0.2, 0) is 0 Å². The number of nitrogens with one attached hydrogen (secondary N) is 1. The molecule has 0 saturated heterocycles. The highest BCUT2D eigenvalue weighted by molar-refractivity contribution is 5.96. The van der Waals surface area contributed by atoms with Crippen molar-refractivity contribution in [2.75, 3.05) is 0 Å². The van der Waals surface area contributed by atoms with Gasteiger partial charge in [-0.15, -0.1) is 0 Å². The van der Waals surface area contributed by atoms with Crippen molar-refractivity contribution in [2.24, 2.45) is 10.8 Å². The molecule has 0 radical (unpaired) electrons. The van der Waals surface area contributed by atoms with Crippen LogP contribution < -0.4 is 11.3 Å². The third-order valence-electron chi connectivity index (χ3n) is 2.68. The number of hydrazine groups is 1. The van der Waals surface area contributed by atoms with Crippen LogP contribution in [0.2, 0.25) is 0 Å². The number of hydrogen-bond donors (Lipinski definition) is 2. The van der Waals surface area contributed by atoms with E-state index in [9.17, 15) is 0 Å². The van der Waals surface area contributed by atoms with Gasteiger partial charge < -0.3 is 5.43 Å². The summed E-state index contributed by atoms with van der Waals surface area (Å²) in [6.07, 6.45) is 6.62. The molecule has 1 fully saturated rings. The lowest BCUT2D eigenvalue weighted by atomic mass is 10.2. The summed E-state index contributed by atoms with van der Waals surface area (Å²) in [5, 5.41) is 0. The fraction of sp³-hybridized carbons (Fsp3) is 0.455. The molecule has 1 aromatic rings. The summed E-state index contributed by atoms with van der Waals surface area (Å²) in [6, 6.07) is 6.14. The number of pyridine rings is 1. The zero-order chi connectivity index (χ0) is 10.5. The molecular weight excluding hydrogens is 188 g/mol. The van der Waals surface area contributed by atoms with Gasteiger partial charge in [0, 0.05) is 6.20 Å². The number of nitrogens with two attached hydrogens (primary N) is 1. The topological polar surface area (TPSA) is 63.3 Å². The molecule has 3 N–H and O–H groups in total. The molecule has 0 spiro atoms. The fourth-order valence-electron chi connectivity index (χ4n) is 1.90. The quantitative estimate of drug-likeness (QED) is 0.330. The molecular formula is C11H16N4. The van der Waals surface area contributed by atoms with E-state index in [1.54, 1.807) is 6.20 Å². The first-order chi connectivity index (χ1) is 7.40. The number of hydrogen-bond acceptors (Lipinski definition) is 3. The molecule has 80 valence electrons. The predicted molar refractivity (Wildman–Crippen MR) is 60.4 cm³/mol. The van der Waals surface area contributed by atoms with Crippen LogP contribution >= 0.6 is 0 Å². The Morgan fingerprint density at radius 1 is 1.40 bits per heavy atom. The van der Waals surface area contributed by atoms with Gasteiger partial charge in [-0.3, -0.25) is 9.98 Å². The minimum atomic E-state index is 0.415. The number of aliphatic imine (C=N–C) groups is 1. The summed E-state index contributed by atoms with van der Waals surface area (Å²) < 4.78 is 0. The Kier molecular flexibility index (Phi) is 3.29. The highest BCUT2D eigenvalue weighted by Gasteiger charge is 2.15. The van der Waals surface area contributed by atoms with Crippen LogP contribution in [0.25, 0.3) is 0 Å². The largest absolute Gasteiger partial charge is 0.307 e. The van der Waals surface area contributed by atoms with Crippen molar-refractivity contribution in [2.45, 2.75) is 31.7 Å². The molecule has 4 nitrogen and oxygen atoms in total. The van der Waals surface area contributed by atoms with E-state index in [4.69, 9.17) is 5.84 Å². The maximum Gasteiger partial charge on any atom is 0.161 e. The van der Waals surface area contributed by atoms with E-state index in [0.717, 1.165) is 18.5 Å². The van der Waals surface area contributed by atoms with Gasteiger partial charge in [0.05, 0.1) is 6.04 Å². The van der Waals surface area contributed by atoms with Gasteiger partial charge in [-0.2, -0.15) is 0 Å². The molecule has 1 aliphatic carbocycles. The Hall–Kier alpha value is -1.42. The fourth-order valence-corrected chi connectivity index (χ4v) is 1.90. The van der Waals surface area contributed by atoms with Crippen molar-refractivity contribution in [1.29, 1.82) is 0 Å². The number of nitrogens with zero attached hydrogens (tertiary/aromatic N) is 2. The summed E-state index contributed by atoms with van der Waals surface area (Å²) in [4.78, 5) is 8.80. The van der Waals surface area contributed by atoms with Crippen LogP contribution in [0.15, 0.2) is 29.4 Å². The van der Waals surface area contributed by atoms with Gasteiger partial charge >= 0.3 is 0 Å². The third kappa shape index (κ3) is 2.53. The van der Waals surface area contributed by atoms with Crippen LogP contribution in [0.3, 0.4) is 0 Å². The normalized spacial score (nSPS) is 18.1. The highest BCUT2D eigenvalue weighted by atomic mass is 15.3. The predicted octanol–water partition coefficient (Wildman–Crippen LogP) is 1.23. The van der Waals surface area contributed by atoms with Gasteiger partial charge in [-0.05, 0) is 25.0 Å². The second-order valence-electron chi connectivity index (χ2n) is 3.78. The van der Waals surface area contributed by atoms with E-state index < -0.39 is 0 Å². The van der Waals surface area contributed by atoms with Gasteiger partial charge in [0.2, 0.25) is 0 Å². The van der Waals surface area contributed by atoms with Crippen LogP contribution in [0.5, 0.6) is 0 Å². The maximum absolute atomic E-state index is 5.46. The SMILES string of the molecule is NNC(=NC1CCCC1)c1ccccn1. The van der Waals surface area contributed by atoms with Crippen LogP contribution in [0.4, 0.5) is 0 Å². The van der Waals surface area contributed by atoms with Crippen molar-refractivity contribution in [3.05, 3.63) is 30.1 Å². The van der Waals surface area contributed by atoms with Crippen molar-refractivity contribution in [1.82, 2.24) is 10.4 Å². The Labute approximate surface area is 89.6 Å². The van der Waals surface area contributed by atoms with E-state index in [1.807, 2.05) is 18.2 Å². The summed E-state index contributed by atoms with van der Waals surface area (Å²) in [6.45, 7) is 0. The molecule has 1 heterocycles. The molecule has 1 saturated carbocycles. The molecule has 2 rings (SSSR count). The minimum Gasteiger partial charge on any atom is -0.307 e. The average molecular weight is 204 g/mol. The molecule has 1 aromatic heterocycles. The van der Waals surface area contributed by atoms with E-state index in [2.05, 4.69) is 15.4 Å².